The van der Waals surface area contributed by atoms with Crippen molar-refractivity contribution < 1.29 is 5.11 Å². The fourth-order valence-corrected chi connectivity index (χ4v) is 3.10. The van der Waals surface area contributed by atoms with Gasteiger partial charge in [0, 0.05) is 12.4 Å². The van der Waals surface area contributed by atoms with Gasteiger partial charge < -0.3 is 15.3 Å². The van der Waals surface area contributed by atoms with E-state index in [0.717, 1.165) is 6.42 Å². The van der Waals surface area contributed by atoms with Crippen LogP contribution in [0.4, 0.5) is 0 Å². The molecule has 23 heavy (non-hydrogen) atoms. The molecule has 0 saturated carbocycles. The van der Waals surface area contributed by atoms with Gasteiger partial charge in [0.15, 0.2) is 0 Å². The van der Waals surface area contributed by atoms with Crippen LogP contribution in [0.1, 0.15) is 90.9 Å². The average molecular weight is 323 g/mol. The summed E-state index contributed by atoms with van der Waals surface area (Å²) < 4.78 is 0. The van der Waals surface area contributed by atoms with E-state index in [1.54, 1.807) is 0 Å². The molecule has 0 spiro atoms. The summed E-state index contributed by atoms with van der Waals surface area (Å²) in [4.78, 5) is 1.99. The second-order valence-electron chi connectivity index (χ2n) is 6.74. The van der Waals surface area contributed by atoms with E-state index < -0.39 is 6.23 Å². The van der Waals surface area contributed by atoms with Gasteiger partial charge in [-0.1, -0.05) is 57.6 Å². The molecular formula is C20H38N2O. The van der Waals surface area contributed by atoms with Crippen molar-refractivity contribution in [2.45, 2.75) is 103 Å². The van der Waals surface area contributed by atoms with Gasteiger partial charge in [0.05, 0.1) is 0 Å². The second-order valence-corrected chi connectivity index (χ2v) is 6.74. The lowest BCUT2D eigenvalue weighted by Crippen LogP contribution is -2.40. The van der Waals surface area contributed by atoms with Crippen LogP contribution in [-0.4, -0.2) is 22.4 Å². The molecule has 0 saturated heterocycles. The summed E-state index contributed by atoms with van der Waals surface area (Å²) in [5.41, 5.74) is 0. The molecule has 0 aliphatic carbocycles. The Bertz CT molecular complexity index is 326. The lowest BCUT2D eigenvalue weighted by Gasteiger charge is -2.28. The van der Waals surface area contributed by atoms with E-state index in [9.17, 15) is 5.11 Å². The minimum atomic E-state index is -0.404. The van der Waals surface area contributed by atoms with Crippen molar-refractivity contribution in [1.29, 1.82) is 0 Å². The molecule has 2 unspecified atom stereocenters. The topological polar surface area (TPSA) is 35.5 Å². The fraction of sp³-hybridized carbons (Fsp3) is 0.800. The zero-order valence-electron chi connectivity index (χ0n) is 15.3. The number of hydrogen-bond acceptors (Lipinski definition) is 3. The van der Waals surface area contributed by atoms with Gasteiger partial charge in [-0.15, -0.1) is 0 Å². The Hall–Kier alpha value is -0.960. The largest absolute Gasteiger partial charge is 0.374 e. The third-order valence-electron chi connectivity index (χ3n) is 4.57. The number of nitrogens with zero attached hydrogens (tertiary/aromatic N) is 1. The summed E-state index contributed by atoms with van der Waals surface area (Å²) >= 11 is 0. The normalized spacial score (nSPS) is 18.7. The highest BCUT2D eigenvalue weighted by atomic mass is 16.3. The van der Waals surface area contributed by atoms with Gasteiger partial charge in [0.2, 0.25) is 0 Å². The molecule has 1 aliphatic heterocycles. The SMILES string of the molecule is CCCCCCC/C=C/CCCCCCC1NC=CN1C(C)O. The van der Waals surface area contributed by atoms with E-state index in [4.69, 9.17) is 0 Å². The van der Waals surface area contributed by atoms with Crippen molar-refractivity contribution in [3.63, 3.8) is 0 Å². The van der Waals surface area contributed by atoms with Crippen LogP contribution in [-0.2, 0) is 0 Å². The Morgan fingerprint density at radius 3 is 2.22 bits per heavy atom. The predicted molar refractivity (Wildman–Crippen MR) is 99.8 cm³/mol. The quantitative estimate of drug-likeness (QED) is 0.337. The Balaban J connectivity index is 1.86. The first-order valence-corrected chi connectivity index (χ1v) is 9.79. The van der Waals surface area contributed by atoms with E-state index in [0.29, 0.717) is 0 Å². The zero-order chi connectivity index (χ0) is 16.8. The number of nitrogens with one attached hydrogen (secondary N) is 1. The van der Waals surface area contributed by atoms with Gasteiger partial charge in [0.1, 0.15) is 12.4 Å². The van der Waals surface area contributed by atoms with Gasteiger partial charge in [0.25, 0.3) is 0 Å². The first kappa shape index (κ1) is 20.1. The number of aliphatic hydroxyl groups is 1. The Morgan fingerprint density at radius 1 is 1.00 bits per heavy atom. The molecule has 2 atom stereocenters. The highest BCUT2D eigenvalue weighted by Crippen LogP contribution is 2.15. The van der Waals surface area contributed by atoms with Crippen LogP contribution in [0.2, 0.25) is 0 Å². The number of rotatable bonds is 14. The van der Waals surface area contributed by atoms with E-state index >= 15 is 0 Å². The van der Waals surface area contributed by atoms with Crippen molar-refractivity contribution in [1.82, 2.24) is 10.2 Å². The molecule has 3 heteroatoms. The maximum atomic E-state index is 9.65. The van der Waals surface area contributed by atoms with Crippen LogP contribution >= 0.6 is 0 Å². The molecule has 0 radical (unpaired) electrons. The van der Waals surface area contributed by atoms with Crippen molar-refractivity contribution in [2.75, 3.05) is 0 Å². The highest BCUT2D eigenvalue weighted by Gasteiger charge is 2.20. The molecule has 0 aromatic heterocycles. The molecule has 0 amide bonds. The van der Waals surface area contributed by atoms with E-state index in [1.807, 2.05) is 24.2 Å². The minimum absolute atomic E-state index is 0.280. The van der Waals surface area contributed by atoms with Crippen LogP contribution in [0.25, 0.3) is 0 Å². The van der Waals surface area contributed by atoms with Gasteiger partial charge in [-0.25, -0.2) is 0 Å². The molecule has 2 N–H and O–H groups in total. The molecule has 134 valence electrons. The van der Waals surface area contributed by atoms with Gasteiger partial charge in [-0.05, 0) is 45.4 Å². The number of hydrogen-bond donors (Lipinski definition) is 2. The van der Waals surface area contributed by atoms with Gasteiger partial charge in [-0.2, -0.15) is 0 Å². The third kappa shape index (κ3) is 9.70. The first-order valence-electron chi connectivity index (χ1n) is 9.79. The lowest BCUT2D eigenvalue weighted by molar-refractivity contribution is 0.0254. The predicted octanol–water partition coefficient (Wildman–Crippen LogP) is 5.28. The molecule has 0 aromatic carbocycles. The second kappa shape index (κ2) is 13.5. The van der Waals surface area contributed by atoms with Crippen LogP contribution in [0, 0.1) is 0 Å². The van der Waals surface area contributed by atoms with E-state index in [2.05, 4.69) is 24.4 Å². The Morgan fingerprint density at radius 2 is 1.61 bits per heavy atom. The summed E-state index contributed by atoms with van der Waals surface area (Å²) in [6.45, 7) is 4.09. The van der Waals surface area contributed by atoms with Gasteiger partial charge in [-0.3, -0.25) is 0 Å². The fourth-order valence-electron chi connectivity index (χ4n) is 3.10. The molecule has 0 fully saturated rings. The summed E-state index contributed by atoms with van der Waals surface area (Å²) in [5.74, 6) is 0. The number of unbranched alkanes of at least 4 members (excludes halogenated alkanes) is 9. The lowest BCUT2D eigenvalue weighted by atomic mass is 10.1. The Labute approximate surface area is 143 Å². The monoisotopic (exact) mass is 322 g/mol. The first-order chi connectivity index (χ1) is 11.3. The van der Waals surface area contributed by atoms with Crippen LogP contribution in [0.15, 0.2) is 24.6 Å². The summed E-state index contributed by atoms with van der Waals surface area (Å²) in [5, 5.41) is 13.0. The number of allylic oxidation sites excluding steroid dienone is 2. The van der Waals surface area contributed by atoms with Crippen LogP contribution < -0.4 is 5.32 Å². The van der Waals surface area contributed by atoms with Crippen molar-refractivity contribution >= 4 is 0 Å². The van der Waals surface area contributed by atoms with Crippen molar-refractivity contribution in [3.8, 4) is 0 Å². The highest BCUT2D eigenvalue weighted by molar-refractivity contribution is 4.94. The summed E-state index contributed by atoms with van der Waals surface area (Å²) in [6.07, 6.45) is 24.1. The standard InChI is InChI=1S/C20H38N2O/c1-3-4-5-6-7-8-9-10-11-12-13-14-15-16-20-21-17-18-22(20)19(2)23/h9-10,17-21,23H,3-8,11-16H2,1-2H3/b10-9+. The van der Waals surface area contributed by atoms with Crippen LogP contribution in [0.5, 0.6) is 0 Å². The molecular weight excluding hydrogens is 284 g/mol. The van der Waals surface area contributed by atoms with Gasteiger partial charge >= 0.3 is 0 Å². The maximum absolute atomic E-state index is 9.65. The van der Waals surface area contributed by atoms with Crippen molar-refractivity contribution in [2.24, 2.45) is 0 Å². The number of aliphatic hydroxyl groups excluding tert-OH is 1. The molecule has 1 aliphatic rings. The van der Waals surface area contributed by atoms with E-state index in [1.165, 1.54) is 70.6 Å². The maximum Gasteiger partial charge on any atom is 0.125 e. The average Bonchev–Trinajstić information content (AvgIpc) is 3.00. The smallest absolute Gasteiger partial charge is 0.125 e. The third-order valence-corrected chi connectivity index (χ3v) is 4.57. The molecule has 0 aromatic rings. The minimum Gasteiger partial charge on any atom is -0.374 e. The molecule has 1 heterocycles. The van der Waals surface area contributed by atoms with Crippen LogP contribution in [0.3, 0.4) is 0 Å². The summed E-state index contributed by atoms with van der Waals surface area (Å²) in [7, 11) is 0. The Kier molecular flexibility index (Phi) is 11.8. The molecule has 3 nitrogen and oxygen atoms in total. The molecule has 1 rings (SSSR count). The van der Waals surface area contributed by atoms with Crippen molar-refractivity contribution in [3.05, 3.63) is 24.6 Å². The summed E-state index contributed by atoms with van der Waals surface area (Å²) in [6, 6.07) is 0. The molecule has 0 bridgehead atoms. The van der Waals surface area contributed by atoms with E-state index in [-0.39, 0.29) is 6.17 Å². The zero-order valence-corrected chi connectivity index (χ0v) is 15.3.